The van der Waals surface area contributed by atoms with Crippen LogP contribution >= 0.6 is 11.3 Å². The number of benzene rings is 1. The van der Waals surface area contributed by atoms with Crippen molar-refractivity contribution in [3.8, 4) is 5.75 Å². The molecule has 0 radical (unpaired) electrons. The van der Waals surface area contributed by atoms with Crippen molar-refractivity contribution in [3.63, 3.8) is 0 Å². The fraction of sp³-hybridized carbons (Fsp3) is 0.438. The van der Waals surface area contributed by atoms with Crippen molar-refractivity contribution < 1.29 is 9.84 Å². The van der Waals surface area contributed by atoms with E-state index in [2.05, 4.69) is 31.1 Å². The zero-order valence-corrected chi connectivity index (χ0v) is 13.2. The topological polar surface area (TPSA) is 42.4 Å². The molecule has 20 heavy (non-hydrogen) atoms. The van der Waals surface area contributed by atoms with Crippen molar-refractivity contribution >= 4 is 11.3 Å². The average molecular weight is 291 g/mol. The standard InChI is InChI=1S/C16H21NO2S/c1-11(18)12-5-7-13(8-6-12)19-9-15-17-14(10-20-15)16(2,3)4/h5-8,10-11,18H,9H2,1-4H3/t11-/m0/s1. The van der Waals surface area contributed by atoms with Crippen LogP contribution < -0.4 is 4.74 Å². The van der Waals surface area contributed by atoms with Gasteiger partial charge in [-0.25, -0.2) is 4.98 Å². The minimum absolute atomic E-state index is 0.0770. The van der Waals surface area contributed by atoms with Crippen molar-refractivity contribution in [2.45, 2.75) is 45.8 Å². The van der Waals surface area contributed by atoms with E-state index in [-0.39, 0.29) is 5.41 Å². The van der Waals surface area contributed by atoms with E-state index >= 15 is 0 Å². The lowest BCUT2D eigenvalue weighted by Gasteiger charge is -2.14. The van der Waals surface area contributed by atoms with Crippen LogP contribution in [0.1, 0.15) is 50.1 Å². The van der Waals surface area contributed by atoms with E-state index in [4.69, 9.17) is 4.74 Å². The molecule has 4 heteroatoms. The summed E-state index contributed by atoms with van der Waals surface area (Å²) in [6, 6.07) is 7.51. The van der Waals surface area contributed by atoms with Gasteiger partial charge in [0.25, 0.3) is 0 Å². The summed E-state index contributed by atoms with van der Waals surface area (Å²) in [7, 11) is 0. The molecule has 1 aromatic heterocycles. The first kappa shape index (κ1) is 15.0. The first-order valence-corrected chi connectivity index (χ1v) is 7.60. The first-order valence-electron chi connectivity index (χ1n) is 6.72. The Morgan fingerprint density at radius 2 is 1.90 bits per heavy atom. The molecule has 1 N–H and O–H groups in total. The molecule has 1 aromatic carbocycles. The number of ether oxygens (including phenoxy) is 1. The Kier molecular flexibility index (Phi) is 4.45. The summed E-state index contributed by atoms with van der Waals surface area (Å²) in [5.74, 6) is 0.793. The van der Waals surface area contributed by atoms with Crippen LogP contribution in [0.3, 0.4) is 0 Å². The molecule has 0 spiro atoms. The van der Waals surface area contributed by atoms with Crippen LogP contribution in [0.2, 0.25) is 0 Å². The summed E-state index contributed by atoms with van der Waals surface area (Å²) in [6.45, 7) is 8.69. The van der Waals surface area contributed by atoms with Crippen LogP contribution in [0.15, 0.2) is 29.6 Å². The zero-order chi connectivity index (χ0) is 14.8. The molecular weight excluding hydrogens is 270 g/mol. The van der Waals surface area contributed by atoms with Gasteiger partial charge < -0.3 is 9.84 Å². The lowest BCUT2D eigenvalue weighted by atomic mass is 9.93. The summed E-state index contributed by atoms with van der Waals surface area (Å²) in [4.78, 5) is 4.60. The number of aliphatic hydroxyl groups is 1. The molecule has 2 rings (SSSR count). The van der Waals surface area contributed by atoms with E-state index < -0.39 is 6.10 Å². The van der Waals surface area contributed by atoms with Gasteiger partial charge >= 0.3 is 0 Å². The minimum atomic E-state index is -0.447. The Balaban J connectivity index is 1.96. The molecular formula is C16H21NO2S. The van der Waals surface area contributed by atoms with Gasteiger partial charge in [-0.2, -0.15) is 0 Å². The van der Waals surface area contributed by atoms with Crippen LogP contribution in [-0.2, 0) is 12.0 Å². The van der Waals surface area contributed by atoms with E-state index in [0.717, 1.165) is 22.0 Å². The smallest absolute Gasteiger partial charge is 0.140 e. The second kappa shape index (κ2) is 5.94. The maximum absolute atomic E-state index is 9.45. The van der Waals surface area contributed by atoms with Crippen LogP contribution in [0.25, 0.3) is 0 Å². The highest BCUT2D eigenvalue weighted by molar-refractivity contribution is 7.09. The van der Waals surface area contributed by atoms with Crippen LogP contribution in [0.5, 0.6) is 5.75 Å². The average Bonchev–Trinajstić information content (AvgIpc) is 2.85. The molecule has 2 aromatic rings. The van der Waals surface area contributed by atoms with Crippen molar-refractivity contribution in [3.05, 3.63) is 45.9 Å². The molecule has 0 bridgehead atoms. The van der Waals surface area contributed by atoms with Crippen molar-refractivity contribution in [2.24, 2.45) is 0 Å². The highest BCUT2D eigenvalue weighted by Crippen LogP contribution is 2.25. The van der Waals surface area contributed by atoms with E-state index in [0.29, 0.717) is 6.61 Å². The van der Waals surface area contributed by atoms with Gasteiger partial charge in [-0.3, -0.25) is 0 Å². The van der Waals surface area contributed by atoms with E-state index in [1.54, 1.807) is 18.3 Å². The molecule has 1 atom stereocenters. The lowest BCUT2D eigenvalue weighted by molar-refractivity contribution is 0.199. The van der Waals surface area contributed by atoms with Gasteiger partial charge in [0, 0.05) is 10.8 Å². The molecule has 0 amide bonds. The van der Waals surface area contributed by atoms with Gasteiger partial charge in [0.2, 0.25) is 0 Å². The number of hydrogen-bond donors (Lipinski definition) is 1. The Morgan fingerprint density at radius 3 is 2.40 bits per heavy atom. The minimum Gasteiger partial charge on any atom is -0.486 e. The Morgan fingerprint density at radius 1 is 1.25 bits per heavy atom. The van der Waals surface area contributed by atoms with Gasteiger partial charge in [-0.05, 0) is 24.6 Å². The molecule has 0 aliphatic heterocycles. The van der Waals surface area contributed by atoms with Crippen LogP contribution in [0, 0.1) is 0 Å². The second-order valence-corrected chi connectivity index (χ2v) is 6.85. The summed E-state index contributed by atoms with van der Waals surface area (Å²) >= 11 is 1.63. The lowest BCUT2D eigenvalue weighted by Crippen LogP contribution is -2.11. The Bertz CT molecular complexity index is 553. The summed E-state index contributed by atoms with van der Waals surface area (Å²) < 4.78 is 5.72. The summed E-state index contributed by atoms with van der Waals surface area (Å²) in [5, 5.41) is 12.5. The van der Waals surface area contributed by atoms with Crippen LogP contribution in [-0.4, -0.2) is 10.1 Å². The van der Waals surface area contributed by atoms with Gasteiger partial charge in [-0.15, -0.1) is 11.3 Å². The third kappa shape index (κ3) is 3.81. The van der Waals surface area contributed by atoms with Crippen molar-refractivity contribution in [1.29, 1.82) is 0 Å². The third-order valence-corrected chi connectivity index (χ3v) is 3.87. The third-order valence-electron chi connectivity index (χ3n) is 3.04. The van der Waals surface area contributed by atoms with Crippen molar-refractivity contribution in [2.75, 3.05) is 0 Å². The number of thiazole rings is 1. The quantitative estimate of drug-likeness (QED) is 0.923. The maximum atomic E-state index is 9.45. The van der Waals surface area contributed by atoms with Crippen LogP contribution in [0.4, 0.5) is 0 Å². The summed E-state index contributed by atoms with van der Waals surface area (Å²) in [5.41, 5.74) is 2.07. The molecule has 1 heterocycles. The molecule has 0 aliphatic rings. The van der Waals surface area contributed by atoms with E-state index in [1.165, 1.54) is 0 Å². The number of rotatable bonds is 4. The van der Waals surface area contributed by atoms with Gasteiger partial charge in [0.05, 0.1) is 11.8 Å². The van der Waals surface area contributed by atoms with Gasteiger partial charge in [0.15, 0.2) is 0 Å². The molecule has 0 saturated heterocycles. The largest absolute Gasteiger partial charge is 0.486 e. The number of aromatic nitrogens is 1. The highest BCUT2D eigenvalue weighted by Gasteiger charge is 2.17. The molecule has 108 valence electrons. The van der Waals surface area contributed by atoms with E-state index in [9.17, 15) is 5.11 Å². The highest BCUT2D eigenvalue weighted by atomic mass is 32.1. The Labute approximate surface area is 124 Å². The van der Waals surface area contributed by atoms with E-state index in [1.807, 2.05) is 24.3 Å². The predicted molar refractivity (Wildman–Crippen MR) is 82.2 cm³/mol. The molecule has 0 saturated carbocycles. The number of aliphatic hydroxyl groups excluding tert-OH is 1. The second-order valence-electron chi connectivity index (χ2n) is 5.91. The number of hydrogen-bond acceptors (Lipinski definition) is 4. The first-order chi connectivity index (χ1) is 9.36. The zero-order valence-electron chi connectivity index (χ0n) is 12.4. The van der Waals surface area contributed by atoms with Crippen molar-refractivity contribution in [1.82, 2.24) is 4.98 Å². The fourth-order valence-corrected chi connectivity index (χ4v) is 2.64. The fourth-order valence-electron chi connectivity index (χ4n) is 1.71. The normalized spacial score (nSPS) is 13.2. The maximum Gasteiger partial charge on any atom is 0.140 e. The predicted octanol–water partition coefficient (Wildman–Crippen LogP) is 4.07. The Hall–Kier alpha value is -1.39. The molecule has 0 unspecified atom stereocenters. The van der Waals surface area contributed by atoms with Gasteiger partial charge in [-0.1, -0.05) is 32.9 Å². The number of nitrogens with zero attached hydrogens (tertiary/aromatic N) is 1. The SMILES string of the molecule is C[C@H](O)c1ccc(OCc2nc(C(C)(C)C)cs2)cc1. The molecule has 3 nitrogen and oxygen atoms in total. The summed E-state index contributed by atoms with van der Waals surface area (Å²) in [6.07, 6.45) is -0.447. The molecule has 0 fully saturated rings. The van der Waals surface area contributed by atoms with Gasteiger partial charge in [0.1, 0.15) is 17.4 Å². The monoisotopic (exact) mass is 291 g/mol. The molecule has 0 aliphatic carbocycles.